The molecule has 9 nitrogen and oxygen atoms in total. The van der Waals surface area contributed by atoms with Crippen molar-refractivity contribution in [2.24, 2.45) is 0 Å². The minimum absolute atomic E-state index is 0.0301. The van der Waals surface area contributed by atoms with Crippen molar-refractivity contribution in [3.05, 3.63) is 72.9 Å². The van der Waals surface area contributed by atoms with E-state index in [0.717, 1.165) is 57.8 Å². The molecule has 2 unspecified atom stereocenters. The average Bonchev–Trinajstić information content (AvgIpc) is 3.21. The summed E-state index contributed by atoms with van der Waals surface area (Å²) in [5.41, 5.74) is 0. The fraction of sp³-hybridized carbons (Fsp3) is 0.708. The Morgan fingerprint density at radius 1 is 0.552 bits per heavy atom. The third kappa shape index (κ3) is 43.0. The lowest BCUT2D eigenvalue weighted by Gasteiger charge is -2.20. The lowest BCUT2D eigenvalue weighted by molar-refractivity contribution is -0.161. The molecule has 2 atom stereocenters. The highest BCUT2D eigenvalue weighted by molar-refractivity contribution is 7.47. The summed E-state index contributed by atoms with van der Waals surface area (Å²) in [5, 5.41) is 2.82. The van der Waals surface area contributed by atoms with Crippen LogP contribution in [0.4, 0.5) is 0 Å². The van der Waals surface area contributed by atoms with E-state index in [2.05, 4.69) is 79.9 Å². The Bertz CT molecular complexity index is 1180. The van der Waals surface area contributed by atoms with Gasteiger partial charge >= 0.3 is 19.8 Å². The van der Waals surface area contributed by atoms with Crippen LogP contribution in [0.5, 0.6) is 0 Å². The minimum Gasteiger partial charge on any atom is -0.462 e. The van der Waals surface area contributed by atoms with Gasteiger partial charge in [0.25, 0.3) is 0 Å². The molecule has 0 rings (SSSR count). The number of hydrogen-bond acceptors (Lipinski definition) is 8. The van der Waals surface area contributed by atoms with Crippen LogP contribution in [-0.4, -0.2) is 56.3 Å². The molecule has 0 amide bonds. The molecular formula is C48H84NO8P. The molecule has 0 aromatic carbocycles. The highest BCUT2D eigenvalue weighted by Gasteiger charge is 2.26. The molecule has 58 heavy (non-hydrogen) atoms. The number of nitrogens with one attached hydrogen (secondary N) is 1. The number of allylic oxidation sites excluding steroid dienone is 12. The maximum Gasteiger partial charge on any atom is 0.472 e. The summed E-state index contributed by atoms with van der Waals surface area (Å²) >= 11 is 0. The minimum atomic E-state index is -4.37. The predicted molar refractivity (Wildman–Crippen MR) is 243 cm³/mol. The fourth-order valence-electron chi connectivity index (χ4n) is 5.93. The first-order valence-corrected chi connectivity index (χ1v) is 24.4. The van der Waals surface area contributed by atoms with E-state index in [0.29, 0.717) is 19.4 Å². The van der Waals surface area contributed by atoms with Crippen LogP contribution < -0.4 is 5.32 Å². The number of phosphoric ester groups is 1. The van der Waals surface area contributed by atoms with Crippen molar-refractivity contribution < 1.29 is 37.6 Å². The monoisotopic (exact) mass is 834 g/mol. The van der Waals surface area contributed by atoms with Gasteiger partial charge in [-0.2, -0.15) is 0 Å². The second kappa shape index (κ2) is 44.0. The number of unbranched alkanes of at least 4 members (excludes halogenated alkanes) is 16. The topological polar surface area (TPSA) is 120 Å². The average molecular weight is 834 g/mol. The lowest BCUT2D eigenvalue weighted by atomic mass is 10.0. The molecular weight excluding hydrogens is 750 g/mol. The summed E-state index contributed by atoms with van der Waals surface area (Å²) < 4.78 is 33.2. The van der Waals surface area contributed by atoms with E-state index in [1.165, 1.54) is 83.5 Å². The van der Waals surface area contributed by atoms with E-state index < -0.39 is 32.5 Å². The molecule has 0 spiro atoms. The number of likely N-dealkylation sites (N-methyl/N-ethyl adjacent to an activating group) is 1. The number of rotatable bonds is 42. The molecule has 2 N–H and O–H groups in total. The molecule has 0 aliphatic carbocycles. The van der Waals surface area contributed by atoms with Gasteiger partial charge in [0, 0.05) is 19.4 Å². The number of carbonyl (C=O) groups is 2. The second-order valence-corrected chi connectivity index (χ2v) is 16.3. The second-order valence-electron chi connectivity index (χ2n) is 14.9. The maximum absolute atomic E-state index is 12.6. The molecule has 0 heterocycles. The summed E-state index contributed by atoms with van der Waals surface area (Å²) in [6.45, 7) is 4.03. The van der Waals surface area contributed by atoms with Gasteiger partial charge in [0.05, 0.1) is 13.2 Å². The third-order valence-electron chi connectivity index (χ3n) is 9.35. The zero-order valence-corrected chi connectivity index (χ0v) is 37.9. The van der Waals surface area contributed by atoms with Crippen LogP contribution in [0.3, 0.4) is 0 Å². The van der Waals surface area contributed by atoms with Crippen LogP contribution in [-0.2, 0) is 32.7 Å². The Kier molecular flexibility index (Phi) is 42.1. The van der Waals surface area contributed by atoms with Gasteiger partial charge < -0.3 is 19.7 Å². The molecule has 10 heteroatoms. The zero-order valence-electron chi connectivity index (χ0n) is 37.0. The van der Waals surface area contributed by atoms with Gasteiger partial charge in [-0.1, -0.05) is 189 Å². The maximum atomic E-state index is 12.6. The number of hydrogen-bond donors (Lipinski definition) is 2. The Balaban J connectivity index is 4.31. The number of esters is 2. The highest BCUT2D eigenvalue weighted by Crippen LogP contribution is 2.43. The summed E-state index contributed by atoms with van der Waals surface area (Å²) in [7, 11) is -2.68. The number of ether oxygens (including phenoxy) is 2. The molecule has 0 fully saturated rings. The van der Waals surface area contributed by atoms with Gasteiger partial charge in [0.1, 0.15) is 6.61 Å². The van der Waals surface area contributed by atoms with Gasteiger partial charge in [-0.25, -0.2) is 4.57 Å². The van der Waals surface area contributed by atoms with Crippen molar-refractivity contribution in [1.29, 1.82) is 0 Å². The van der Waals surface area contributed by atoms with Crippen LogP contribution in [0.2, 0.25) is 0 Å². The van der Waals surface area contributed by atoms with Crippen molar-refractivity contribution >= 4 is 19.8 Å². The fourth-order valence-corrected chi connectivity index (χ4v) is 6.68. The Labute approximate surface area is 354 Å². The van der Waals surface area contributed by atoms with E-state index in [1.54, 1.807) is 7.05 Å². The molecule has 0 saturated carbocycles. The highest BCUT2D eigenvalue weighted by atomic mass is 31.2. The zero-order chi connectivity index (χ0) is 42.5. The van der Waals surface area contributed by atoms with E-state index in [9.17, 15) is 19.0 Å². The van der Waals surface area contributed by atoms with Gasteiger partial charge in [0.15, 0.2) is 6.10 Å². The molecule has 0 aromatic heterocycles. The standard InChI is InChI=1S/C48H84NO8P/c1-4-6-8-10-12-14-16-18-20-22-23-25-26-28-30-32-34-36-38-40-47(50)54-44-46(45-56-58(52,53)55-43-42-49-3)57-48(51)41-39-37-35-33-31-29-27-24-21-19-17-15-13-11-9-7-5-2/h6,8,12,14,18,20,23,25,28,30,34,36,46,49H,4-5,7,9-11,13,15-17,19,21-22,24,26-27,29,31-33,35,37-45H2,1-3H3,(H,52,53)/b8-6-,14-12-,20-18-,25-23-,30-28-,36-34-. The molecule has 0 aliphatic rings. The molecule has 0 aliphatic heterocycles. The van der Waals surface area contributed by atoms with Crippen molar-refractivity contribution in [2.75, 3.05) is 33.4 Å². The third-order valence-corrected chi connectivity index (χ3v) is 10.3. The Morgan fingerprint density at radius 3 is 1.43 bits per heavy atom. The van der Waals surface area contributed by atoms with E-state index in [4.69, 9.17) is 18.5 Å². The van der Waals surface area contributed by atoms with Crippen molar-refractivity contribution in [2.45, 2.75) is 187 Å². The normalized spacial score (nSPS) is 13.9. The molecule has 334 valence electrons. The largest absolute Gasteiger partial charge is 0.472 e. The van der Waals surface area contributed by atoms with Crippen molar-refractivity contribution in [3.8, 4) is 0 Å². The summed E-state index contributed by atoms with van der Waals surface area (Å²) in [6, 6.07) is 0. The first-order chi connectivity index (χ1) is 28.3. The molecule has 0 bridgehead atoms. The first-order valence-electron chi connectivity index (χ1n) is 22.9. The van der Waals surface area contributed by atoms with Crippen LogP contribution in [0, 0.1) is 0 Å². The summed E-state index contributed by atoms with van der Waals surface area (Å²) in [4.78, 5) is 35.1. The Morgan fingerprint density at radius 2 is 0.983 bits per heavy atom. The summed E-state index contributed by atoms with van der Waals surface area (Å²) in [5.74, 6) is -0.904. The van der Waals surface area contributed by atoms with E-state index >= 15 is 0 Å². The molecule has 0 saturated heterocycles. The Hall–Kier alpha value is -2.55. The van der Waals surface area contributed by atoms with Gasteiger partial charge in [-0.15, -0.1) is 0 Å². The quantitative estimate of drug-likeness (QED) is 0.0268. The van der Waals surface area contributed by atoms with Crippen LogP contribution >= 0.6 is 7.82 Å². The van der Waals surface area contributed by atoms with Gasteiger partial charge in [0.2, 0.25) is 0 Å². The lowest BCUT2D eigenvalue weighted by Crippen LogP contribution is -2.29. The summed E-state index contributed by atoms with van der Waals surface area (Å²) in [6.07, 6.45) is 52.5. The van der Waals surface area contributed by atoms with Crippen molar-refractivity contribution in [3.63, 3.8) is 0 Å². The first kappa shape index (κ1) is 55.5. The number of phosphoric acid groups is 1. The molecule has 0 radical (unpaired) electrons. The van der Waals surface area contributed by atoms with E-state index in [1.807, 2.05) is 12.2 Å². The van der Waals surface area contributed by atoms with Crippen molar-refractivity contribution in [1.82, 2.24) is 5.32 Å². The van der Waals surface area contributed by atoms with Gasteiger partial charge in [-0.3, -0.25) is 18.6 Å². The van der Waals surface area contributed by atoms with E-state index in [-0.39, 0.29) is 26.1 Å². The predicted octanol–water partition coefficient (Wildman–Crippen LogP) is 13.3. The van der Waals surface area contributed by atoms with Crippen LogP contribution in [0.1, 0.15) is 181 Å². The van der Waals surface area contributed by atoms with Crippen LogP contribution in [0.25, 0.3) is 0 Å². The number of carbonyl (C=O) groups excluding carboxylic acids is 2. The van der Waals surface area contributed by atoms with Gasteiger partial charge in [-0.05, 0) is 58.4 Å². The van der Waals surface area contributed by atoms with Crippen LogP contribution in [0.15, 0.2) is 72.9 Å². The SMILES string of the molecule is CC/C=C\C/C=C\C/C=C\C/C=C\C/C=C\C/C=C\CCC(=O)OCC(COP(=O)(O)OCCNC)OC(=O)CCCCCCCCCCCCCCCCCCC. The molecule has 0 aromatic rings. The smallest absolute Gasteiger partial charge is 0.462 e.